The van der Waals surface area contributed by atoms with Gasteiger partial charge in [0.15, 0.2) is 0 Å². The van der Waals surface area contributed by atoms with Crippen LogP contribution in [0.1, 0.15) is 110 Å². The van der Waals surface area contributed by atoms with Crippen LogP contribution >= 0.6 is 0 Å². The molecule has 0 aromatic carbocycles. The summed E-state index contributed by atoms with van der Waals surface area (Å²) >= 11 is 0. The first-order valence-electron chi connectivity index (χ1n) is 22.9. The lowest BCUT2D eigenvalue weighted by atomic mass is 9.81. The number of allylic oxidation sites excluding steroid dienone is 2. The van der Waals surface area contributed by atoms with Crippen molar-refractivity contribution in [2.45, 2.75) is 172 Å². The van der Waals surface area contributed by atoms with Gasteiger partial charge in [-0.2, -0.15) is 0 Å². The number of amides is 1. The first-order chi connectivity index (χ1) is 30.0. The van der Waals surface area contributed by atoms with Gasteiger partial charge in [0.05, 0.1) is 36.6 Å². The Hall–Kier alpha value is -3.41. The number of ether oxygens (including phenoxy) is 5. The molecule has 14 atom stereocenters. The molecule has 352 valence electrons. The summed E-state index contributed by atoms with van der Waals surface area (Å²) in [5, 5.41) is 45.9. The maximum atomic E-state index is 14.4. The van der Waals surface area contributed by atoms with Gasteiger partial charge in [0, 0.05) is 70.9 Å². The number of methoxy groups -OCH3 is 3. The Bertz CT molecular complexity index is 1760. The van der Waals surface area contributed by atoms with Crippen LogP contribution < -0.4 is 0 Å². The summed E-state index contributed by atoms with van der Waals surface area (Å²) in [6, 6.07) is 2.68. The summed E-state index contributed by atoms with van der Waals surface area (Å²) < 4.78 is 29.6. The summed E-state index contributed by atoms with van der Waals surface area (Å²) in [6.45, 7) is 7.00. The SMILES string of the molecule is CO[C@H]1C[C@@H](O)C/C(C)=C/[C@@H](CCCc2ccncc2)C(=O)C[C@H](O)[C@@H](C)[C@@H](/C(C)=C/[C@@H]2CC[C@@H](O)[C@H](OC)C2)OC(=O)[C@@H]2CCCCN2C(=O)C(=O)[C@]2(O)O[C@H]1[C@@H](OC)C[C@H]2C. The number of carbonyl (C=O) groups excluding carboxylic acids is 4. The molecule has 1 saturated carbocycles. The smallest absolute Gasteiger partial charge is 0.329 e. The molecule has 3 aliphatic heterocycles. The highest BCUT2D eigenvalue weighted by Gasteiger charge is 2.56. The van der Waals surface area contributed by atoms with E-state index >= 15 is 0 Å². The normalized spacial score (nSPS) is 38.2. The van der Waals surface area contributed by atoms with Crippen molar-refractivity contribution in [2.24, 2.45) is 23.7 Å². The fourth-order valence-electron chi connectivity index (χ4n) is 10.1. The van der Waals surface area contributed by atoms with Gasteiger partial charge in [0.1, 0.15) is 24.0 Å². The Morgan fingerprint density at radius 3 is 2.27 bits per heavy atom. The van der Waals surface area contributed by atoms with Crippen LogP contribution in [0.4, 0.5) is 0 Å². The second-order valence-corrected chi connectivity index (χ2v) is 18.5. The third kappa shape index (κ3) is 12.7. The van der Waals surface area contributed by atoms with Gasteiger partial charge in [-0.3, -0.25) is 19.4 Å². The third-order valence-electron chi connectivity index (χ3n) is 13.9. The first-order valence-corrected chi connectivity index (χ1v) is 22.9. The molecule has 4 aliphatic rings. The van der Waals surface area contributed by atoms with Crippen molar-refractivity contribution in [3.05, 3.63) is 53.4 Å². The standard InChI is InChI=1S/C48H72N2O13/c1-28-21-34(12-10-11-32-16-18-49-19-17-32)39(54)27-38(53)31(4)43(29(2)23-33-14-15-37(52)40(25-33)59-5)62-47(57)36-13-8-9-20-50(36)46(56)45(55)48(58)30(3)24-41(60-6)44(63-48)42(61-7)26-35(51)22-28/h16-19,21,23,30-31,33-38,40-44,51-53,58H,8-15,20,22,24-27H2,1-7H3/b28-21+,29-23+/t30-,31-,33+,34-,35+,36+,37-,38+,40-,41+,42+,43-,44+,48-/m1/s1. The van der Waals surface area contributed by atoms with Crippen molar-refractivity contribution in [1.82, 2.24) is 9.88 Å². The summed E-state index contributed by atoms with van der Waals surface area (Å²) in [7, 11) is 4.45. The number of aryl methyl sites for hydroxylation is 1. The number of esters is 1. The van der Waals surface area contributed by atoms with Gasteiger partial charge >= 0.3 is 5.97 Å². The van der Waals surface area contributed by atoms with Crippen LogP contribution in [0.3, 0.4) is 0 Å². The van der Waals surface area contributed by atoms with Crippen LogP contribution in [0.15, 0.2) is 47.8 Å². The highest BCUT2D eigenvalue weighted by Crippen LogP contribution is 2.39. The van der Waals surface area contributed by atoms with Crippen molar-refractivity contribution in [3.8, 4) is 0 Å². The van der Waals surface area contributed by atoms with Gasteiger partial charge in [0.25, 0.3) is 11.7 Å². The molecule has 1 aliphatic carbocycles. The van der Waals surface area contributed by atoms with E-state index in [1.54, 1.807) is 40.3 Å². The molecule has 15 heteroatoms. The van der Waals surface area contributed by atoms with E-state index in [1.807, 2.05) is 31.2 Å². The van der Waals surface area contributed by atoms with Gasteiger partial charge in [0.2, 0.25) is 5.79 Å². The van der Waals surface area contributed by atoms with E-state index in [0.29, 0.717) is 56.9 Å². The lowest BCUT2D eigenvalue weighted by Gasteiger charge is -2.47. The lowest BCUT2D eigenvalue weighted by Crippen LogP contribution is -2.64. The number of pyridine rings is 1. The van der Waals surface area contributed by atoms with Crippen LogP contribution in [0.25, 0.3) is 0 Å². The highest BCUT2D eigenvalue weighted by molar-refractivity contribution is 6.39. The summed E-state index contributed by atoms with van der Waals surface area (Å²) in [5.74, 6) is -8.23. The zero-order valence-corrected chi connectivity index (χ0v) is 38.2. The van der Waals surface area contributed by atoms with Gasteiger partial charge in [-0.05, 0) is 114 Å². The largest absolute Gasteiger partial charge is 0.456 e. The number of aliphatic hydroxyl groups is 4. The molecular weight excluding hydrogens is 813 g/mol. The summed E-state index contributed by atoms with van der Waals surface area (Å²) in [6.07, 6.45) is 5.26. The third-order valence-corrected chi connectivity index (χ3v) is 13.9. The number of fused-ring (bicyclic) bond motifs is 3. The Balaban J connectivity index is 1.54. The number of carbonyl (C=O) groups is 4. The Morgan fingerprint density at radius 2 is 1.59 bits per heavy atom. The number of rotatable bonds is 9. The van der Waals surface area contributed by atoms with Crippen molar-refractivity contribution in [1.29, 1.82) is 0 Å². The Kier molecular flexibility index (Phi) is 18.6. The Morgan fingerprint density at radius 1 is 0.905 bits per heavy atom. The molecule has 4 N–H and O–H groups in total. The van der Waals surface area contributed by atoms with Crippen molar-refractivity contribution >= 4 is 23.4 Å². The summed E-state index contributed by atoms with van der Waals surface area (Å²) in [4.78, 5) is 62.6. The topological polar surface area (TPSA) is 211 Å². The molecule has 0 unspecified atom stereocenters. The van der Waals surface area contributed by atoms with E-state index in [0.717, 1.165) is 16.0 Å². The molecule has 4 heterocycles. The van der Waals surface area contributed by atoms with Crippen LogP contribution in [0.2, 0.25) is 0 Å². The predicted octanol–water partition coefficient (Wildman–Crippen LogP) is 4.21. The van der Waals surface area contributed by atoms with Crippen molar-refractivity contribution < 1.29 is 63.3 Å². The van der Waals surface area contributed by atoms with Crippen molar-refractivity contribution in [2.75, 3.05) is 27.9 Å². The highest BCUT2D eigenvalue weighted by atomic mass is 16.7. The minimum atomic E-state index is -2.60. The van der Waals surface area contributed by atoms with Crippen LogP contribution in [0.5, 0.6) is 0 Å². The predicted molar refractivity (Wildman–Crippen MR) is 232 cm³/mol. The van der Waals surface area contributed by atoms with E-state index in [4.69, 9.17) is 23.7 Å². The van der Waals surface area contributed by atoms with E-state index in [2.05, 4.69) is 4.98 Å². The van der Waals surface area contributed by atoms with E-state index in [-0.39, 0.29) is 56.5 Å². The van der Waals surface area contributed by atoms with Crippen LogP contribution in [0, 0.1) is 23.7 Å². The first kappa shape index (κ1) is 50.6. The zero-order chi connectivity index (χ0) is 46.0. The quantitative estimate of drug-likeness (QED) is 0.156. The van der Waals surface area contributed by atoms with E-state index in [9.17, 15) is 39.6 Å². The van der Waals surface area contributed by atoms with Crippen LogP contribution in [-0.2, 0) is 49.3 Å². The zero-order valence-electron chi connectivity index (χ0n) is 38.2. The molecule has 1 aromatic heterocycles. The monoisotopic (exact) mass is 885 g/mol. The number of piperidine rings is 1. The molecule has 2 bridgehead atoms. The number of ketones is 2. The lowest BCUT2D eigenvalue weighted by molar-refractivity contribution is -0.303. The number of Topliss-reactive ketones (excluding diaryl/α,β-unsaturated/α-hetero) is 2. The second-order valence-electron chi connectivity index (χ2n) is 18.5. The number of aliphatic hydroxyl groups excluding tert-OH is 3. The van der Waals surface area contributed by atoms with Gasteiger partial charge < -0.3 is 49.0 Å². The molecule has 15 nitrogen and oxygen atoms in total. The van der Waals surface area contributed by atoms with Crippen molar-refractivity contribution in [3.63, 3.8) is 0 Å². The number of hydrogen-bond donors (Lipinski definition) is 4. The molecule has 63 heavy (non-hydrogen) atoms. The van der Waals surface area contributed by atoms with Gasteiger partial charge in [-0.15, -0.1) is 0 Å². The molecule has 0 radical (unpaired) electrons. The molecule has 1 aromatic rings. The fourth-order valence-corrected chi connectivity index (χ4v) is 10.1. The molecule has 1 amide bonds. The summed E-state index contributed by atoms with van der Waals surface area (Å²) in [5.41, 5.74) is 2.44. The van der Waals surface area contributed by atoms with Gasteiger partial charge in [-0.25, -0.2) is 4.79 Å². The molecule has 5 rings (SSSR count). The van der Waals surface area contributed by atoms with Crippen LogP contribution in [-0.4, -0.2) is 142 Å². The number of aromatic nitrogens is 1. The molecule has 3 fully saturated rings. The number of cyclic esters (lactones) is 1. The molecule has 2 saturated heterocycles. The fraction of sp³-hybridized carbons (Fsp3) is 0.729. The number of nitrogens with zero attached hydrogens (tertiary/aromatic N) is 2. The van der Waals surface area contributed by atoms with E-state index < -0.39 is 90.0 Å². The Labute approximate surface area is 372 Å². The molecular formula is C48H72N2O13. The average molecular weight is 885 g/mol. The minimum absolute atomic E-state index is 0.0115. The molecule has 0 spiro atoms. The maximum Gasteiger partial charge on any atom is 0.329 e. The maximum absolute atomic E-state index is 14.4. The average Bonchev–Trinajstić information content (AvgIpc) is 3.27. The van der Waals surface area contributed by atoms with Gasteiger partial charge in [-0.1, -0.05) is 31.6 Å². The second kappa shape index (κ2) is 23.2. The van der Waals surface area contributed by atoms with E-state index in [1.165, 1.54) is 14.2 Å². The minimum Gasteiger partial charge on any atom is -0.456 e. The number of hydrogen-bond acceptors (Lipinski definition) is 14.